The molecule has 0 spiro atoms. The Balaban J connectivity index is 2.43. The Kier molecular flexibility index (Phi) is 7.00. The fourth-order valence-electron chi connectivity index (χ4n) is 3.12. The predicted molar refractivity (Wildman–Crippen MR) is 103 cm³/mol. The van der Waals surface area contributed by atoms with Crippen molar-refractivity contribution in [3.8, 4) is 17.2 Å². The first-order chi connectivity index (χ1) is 13.7. The largest absolute Gasteiger partial charge is 0.493 e. The molecule has 0 aliphatic heterocycles. The number of hydrogen-bond acceptors (Lipinski definition) is 4. The summed E-state index contributed by atoms with van der Waals surface area (Å²) >= 11 is 0. The summed E-state index contributed by atoms with van der Waals surface area (Å²) in [5.41, 5.74) is -0.0826. The lowest BCUT2D eigenvalue weighted by atomic mass is 10.0. The molecule has 1 atom stereocenters. The van der Waals surface area contributed by atoms with Crippen molar-refractivity contribution in [3.05, 3.63) is 53.1 Å². The molecule has 2 rings (SSSR count). The van der Waals surface area contributed by atoms with Crippen LogP contribution >= 0.6 is 0 Å². The van der Waals surface area contributed by atoms with Gasteiger partial charge in [-0.2, -0.15) is 13.2 Å². The van der Waals surface area contributed by atoms with Crippen LogP contribution in [0.25, 0.3) is 0 Å². The van der Waals surface area contributed by atoms with E-state index in [1.807, 2.05) is 0 Å². The standard InChI is InChI=1S/C21H24F3NO4/c1-6-25(13(2)14-8-7-9-16(10-14)21(22,23)24)20(26)15-11-17(27-3)19(29-5)18(12-15)28-4/h7-13H,6H2,1-5H3. The molecule has 0 N–H and O–H groups in total. The Morgan fingerprint density at radius 1 is 1.03 bits per heavy atom. The van der Waals surface area contributed by atoms with Gasteiger partial charge >= 0.3 is 6.18 Å². The van der Waals surface area contributed by atoms with Crippen molar-refractivity contribution >= 4 is 5.91 Å². The van der Waals surface area contributed by atoms with E-state index in [4.69, 9.17) is 14.2 Å². The number of ether oxygens (including phenoxy) is 3. The quantitative estimate of drug-likeness (QED) is 0.647. The Hall–Kier alpha value is -2.90. The molecule has 0 fully saturated rings. The van der Waals surface area contributed by atoms with Crippen molar-refractivity contribution in [3.63, 3.8) is 0 Å². The van der Waals surface area contributed by atoms with E-state index in [0.717, 1.165) is 12.1 Å². The Labute approximate surface area is 168 Å². The number of alkyl halides is 3. The zero-order valence-electron chi connectivity index (χ0n) is 17.0. The van der Waals surface area contributed by atoms with Crippen molar-refractivity contribution in [2.24, 2.45) is 0 Å². The molecule has 0 heterocycles. The first-order valence-electron chi connectivity index (χ1n) is 8.96. The highest BCUT2D eigenvalue weighted by Crippen LogP contribution is 2.39. The first-order valence-corrected chi connectivity index (χ1v) is 8.96. The van der Waals surface area contributed by atoms with Crippen LogP contribution in [0.2, 0.25) is 0 Å². The zero-order chi connectivity index (χ0) is 21.8. The summed E-state index contributed by atoms with van der Waals surface area (Å²) < 4.78 is 55.0. The minimum absolute atomic E-state index is 0.278. The van der Waals surface area contributed by atoms with Crippen LogP contribution in [0.4, 0.5) is 13.2 Å². The molecule has 0 aliphatic rings. The number of halogens is 3. The number of rotatable bonds is 7. The maximum atomic E-state index is 13.2. The Morgan fingerprint density at radius 2 is 1.62 bits per heavy atom. The van der Waals surface area contributed by atoms with E-state index >= 15 is 0 Å². The Morgan fingerprint density at radius 3 is 2.07 bits per heavy atom. The maximum absolute atomic E-state index is 13.2. The highest BCUT2D eigenvalue weighted by Gasteiger charge is 2.31. The van der Waals surface area contributed by atoms with Crippen LogP contribution in [0, 0.1) is 0 Å². The van der Waals surface area contributed by atoms with Crippen LogP contribution in [0.5, 0.6) is 17.2 Å². The lowest BCUT2D eigenvalue weighted by Gasteiger charge is -2.29. The number of amides is 1. The van der Waals surface area contributed by atoms with Gasteiger partial charge in [0.15, 0.2) is 11.5 Å². The van der Waals surface area contributed by atoms with Gasteiger partial charge in [0.2, 0.25) is 5.75 Å². The van der Waals surface area contributed by atoms with Gasteiger partial charge in [0, 0.05) is 12.1 Å². The zero-order valence-corrected chi connectivity index (χ0v) is 17.0. The average Bonchev–Trinajstić information content (AvgIpc) is 2.72. The minimum atomic E-state index is -4.45. The van der Waals surface area contributed by atoms with Gasteiger partial charge in [-0.15, -0.1) is 0 Å². The second kappa shape index (κ2) is 9.07. The summed E-state index contributed by atoms with van der Waals surface area (Å²) in [6.07, 6.45) is -4.45. The molecule has 0 saturated heterocycles. The molecule has 1 amide bonds. The van der Waals surface area contributed by atoms with Gasteiger partial charge in [0.25, 0.3) is 5.91 Å². The van der Waals surface area contributed by atoms with Crippen molar-refractivity contribution in [2.45, 2.75) is 26.1 Å². The van der Waals surface area contributed by atoms with Gasteiger partial charge in [-0.05, 0) is 43.7 Å². The van der Waals surface area contributed by atoms with Gasteiger partial charge in [0.1, 0.15) is 0 Å². The van der Waals surface area contributed by atoms with Gasteiger partial charge < -0.3 is 19.1 Å². The number of carbonyl (C=O) groups is 1. The van der Waals surface area contributed by atoms with Crippen LogP contribution < -0.4 is 14.2 Å². The van der Waals surface area contributed by atoms with E-state index in [9.17, 15) is 18.0 Å². The summed E-state index contributed by atoms with van der Waals surface area (Å²) in [4.78, 5) is 14.6. The van der Waals surface area contributed by atoms with E-state index in [0.29, 0.717) is 29.4 Å². The van der Waals surface area contributed by atoms with Crippen molar-refractivity contribution in [1.29, 1.82) is 0 Å². The third-order valence-corrected chi connectivity index (χ3v) is 4.68. The molecule has 8 heteroatoms. The number of methoxy groups -OCH3 is 3. The molecule has 2 aromatic carbocycles. The second-order valence-electron chi connectivity index (χ2n) is 6.30. The molecule has 0 aromatic heterocycles. The number of hydrogen-bond donors (Lipinski definition) is 0. The van der Waals surface area contributed by atoms with E-state index < -0.39 is 17.8 Å². The van der Waals surface area contributed by atoms with Crippen LogP contribution in [0.3, 0.4) is 0 Å². The van der Waals surface area contributed by atoms with Gasteiger partial charge in [-0.3, -0.25) is 4.79 Å². The molecule has 29 heavy (non-hydrogen) atoms. The van der Waals surface area contributed by atoms with E-state index in [1.165, 1.54) is 44.4 Å². The minimum Gasteiger partial charge on any atom is -0.493 e. The van der Waals surface area contributed by atoms with Crippen LogP contribution in [-0.2, 0) is 6.18 Å². The summed E-state index contributed by atoms with van der Waals surface area (Å²) in [6.45, 7) is 3.75. The molecular weight excluding hydrogens is 387 g/mol. The fourth-order valence-corrected chi connectivity index (χ4v) is 3.12. The van der Waals surface area contributed by atoms with Crippen LogP contribution in [0.15, 0.2) is 36.4 Å². The normalized spacial score (nSPS) is 12.3. The second-order valence-corrected chi connectivity index (χ2v) is 6.30. The molecular formula is C21H24F3NO4. The summed E-state index contributed by atoms with van der Waals surface area (Å²) in [5, 5.41) is 0. The SMILES string of the molecule is CCN(C(=O)c1cc(OC)c(OC)c(OC)c1)C(C)c1cccc(C(F)(F)F)c1. The first kappa shape index (κ1) is 22.4. The van der Waals surface area contributed by atoms with Crippen molar-refractivity contribution in [2.75, 3.05) is 27.9 Å². The third kappa shape index (κ3) is 4.75. The molecule has 0 saturated carbocycles. The molecule has 2 aromatic rings. The molecule has 158 valence electrons. The monoisotopic (exact) mass is 411 g/mol. The molecule has 1 unspecified atom stereocenters. The molecule has 0 aliphatic carbocycles. The van der Waals surface area contributed by atoms with Crippen molar-refractivity contribution < 1.29 is 32.2 Å². The predicted octanol–water partition coefficient (Wildman–Crippen LogP) is 4.95. The number of benzene rings is 2. The summed E-state index contributed by atoms with van der Waals surface area (Å²) in [6, 6.07) is 7.45. The highest BCUT2D eigenvalue weighted by atomic mass is 19.4. The number of nitrogens with zero attached hydrogens (tertiary/aromatic N) is 1. The lowest BCUT2D eigenvalue weighted by Crippen LogP contribution is -2.33. The van der Waals surface area contributed by atoms with Crippen LogP contribution in [-0.4, -0.2) is 38.7 Å². The smallest absolute Gasteiger partial charge is 0.416 e. The van der Waals surface area contributed by atoms with E-state index in [1.54, 1.807) is 19.9 Å². The van der Waals surface area contributed by atoms with Gasteiger partial charge in [0.05, 0.1) is 32.9 Å². The highest BCUT2D eigenvalue weighted by molar-refractivity contribution is 5.96. The summed E-state index contributed by atoms with van der Waals surface area (Å²) in [7, 11) is 4.33. The average molecular weight is 411 g/mol. The topological polar surface area (TPSA) is 48.0 Å². The molecule has 5 nitrogen and oxygen atoms in total. The van der Waals surface area contributed by atoms with E-state index in [-0.39, 0.29) is 11.5 Å². The third-order valence-electron chi connectivity index (χ3n) is 4.68. The van der Waals surface area contributed by atoms with Crippen molar-refractivity contribution in [1.82, 2.24) is 4.90 Å². The molecule has 0 bridgehead atoms. The molecule has 0 radical (unpaired) electrons. The maximum Gasteiger partial charge on any atom is 0.416 e. The van der Waals surface area contributed by atoms with Gasteiger partial charge in [-0.1, -0.05) is 12.1 Å². The summed E-state index contributed by atoms with van der Waals surface area (Å²) in [5.74, 6) is 0.619. The van der Waals surface area contributed by atoms with Crippen LogP contribution in [0.1, 0.15) is 41.4 Å². The fraction of sp³-hybridized carbons (Fsp3) is 0.381. The Bertz CT molecular complexity index is 842. The lowest BCUT2D eigenvalue weighted by molar-refractivity contribution is -0.137. The number of carbonyl (C=O) groups excluding carboxylic acids is 1. The van der Waals surface area contributed by atoms with Gasteiger partial charge in [-0.25, -0.2) is 0 Å². The van der Waals surface area contributed by atoms with E-state index in [2.05, 4.69) is 0 Å².